The summed E-state index contributed by atoms with van der Waals surface area (Å²) in [6.07, 6.45) is 3.30. The van der Waals surface area contributed by atoms with Crippen molar-refractivity contribution in [2.45, 2.75) is 6.92 Å². The van der Waals surface area contributed by atoms with Crippen molar-refractivity contribution in [3.63, 3.8) is 0 Å². The molecule has 0 aliphatic heterocycles. The number of hydrogen-bond donors (Lipinski definition) is 0. The molecule has 96 valence electrons. The number of carbonyl (C=O) groups excluding carboxylic acids is 1. The van der Waals surface area contributed by atoms with Crippen molar-refractivity contribution in [2.24, 2.45) is 0 Å². The van der Waals surface area contributed by atoms with Gasteiger partial charge in [-0.15, -0.1) is 0 Å². The lowest BCUT2D eigenvalue weighted by molar-refractivity contribution is 0.104. The van der Waals surface area contributed by atoms with Crippen LogP contribution in [0.25, 0.3) is 6.08 Å². The van der Waals surface area contributed by atoms with Gasteiger partial charge in [0.25, 0.3) is 0 Å². The van der Waals surface area contributed by atoms with Crippen LogP contribution in [-0.2, 0) is 0 Å². The van der Waals surface area contributed by atoms with Crippen LogP contribution >= 0.6 is 23.2 Å². The number of allylic oxidation sites excluding steroid dienone is 1. The molecule has 2 aromatic carbocycles. The molecule has 19 heavy (non-hydrogen) atoms. The van der Waals surface area contributed by atoms with Gasteiger partial charge in [0.15, 0.2) is 5.78 Å². The van der Waals surface area contributed by atoms with Crippen molar-refractivity contribution in [3.8, 4) is 0 Å². The highest BCUT2D eigenvalue weighted by atomic mass is 35.5. The quantitative estimate of drug-likeness (QED) is 0.561. The molecular formula is C16H12Cl2O. The fourth-order valence-electron chi connectivity index (χ4n) is 1.72. The van der Waals surface area contributed by atoms with E-state index in [4.69, 9.17) is 23.2 Å². The highest BCUT2D eigenvalue weighted by molar-refractivity contribution is 6.37. The molecule has 0 aliphatic carbocycles. The van der Waals surface area contributed by atoms with E-state index in [9.17, 15) is 4.79 Å². The maximum Gasteiger partial charge on any atom is 0.187 e. The van der Waals surface area contributed by atoms with Crippen molar-refractivity contribution >= 4 is 35.1 Å². The van der Waals surface area contributed by atoms with Gasteiger partial charge in [-0.2, -0.15) is 0 Å². The summed E-state index contributed by atoms with van der Waals surface area (Å²) in [5.41, 5.74) is 2.59. The summed E-state index contributed by atoms with van der Waals surface area (Å²) in [5, 5.41) is 0.885. The lowest BCUT2D eigenvalue weighted by Crippen LogP contribution is -1.95. The minimum atomic E-state index is -0.136. The molecule has 2 rings (SSSR count). The number of rotatable bonds is 3. The Morgan fingerprint density at radius 2 is 1.89 bits per heavy atom. The van der Waals surface area contributed by atoms with E-state index in [2.05, 4.69) is 0 Å². The Morgan fingerprint density at radius 3 is 2.58 bits per heavy atom. The molecule has 0 aromatic heterocycles. The van der Waals surface area contributed by atoms with Crippen molar-refractivity contribution in [1.82, 2.24) is 0 Å². The average Bonchev–Trinajstić information content (AvgIpc) is 2.36. The molecule has 2 aromatic rings. The molecule has 0 saturated carbocycles. The van der Waals surface area contributed by atoms with Crippen LogP contribution in [0, 0.1) is 6.92 Å². The predicted octanol–water partition coefficient (Wildman–Crippen LogP) is 5.20. The van der Waals surface area contributed by atoms with Gasteiger partial charge in [-0.1, -0.05) is 59.1 Å². The molecule has 0 heterocycles. The Labute approximate surface area is 122 Å². The number of hydrogen-bond acceptors (Lipinski definition) is 1. The van der Waals surface area contributed by atoms with Gasteiger partial charge in [-0.3, -0.25) is 4.79 Å². The third kappa shape index (κ3) is 3.69. The van der Waals surface area contributed by atoms with E-state index >= 15 is 0 Å². The Bertz CT molecular complexity index is 645. The number of aryl methyl sites for hydroxylation is 1. The molecule has 0 spiro atoms. The minimum absolute atomic E-state index is 0.136. The average molecular weight is 291 g/mol. The van der Waals surface area contributed by atoms with Crippen molar-refractivity contribution in [2.75, 3.05) is 0 Å². The van der Waals surface area contributed by atoms with Gasteiger partial charge < -0.3 is 0 Å². The van der Waals surface area contributed by atoms with Crippen LogP contribution in [0.2, 0.25) is 10.0 Å². The molecule has 0 N–H and O–H groups in total. The van der Waals surface area contributed by atoms with Gasteiger partial charge in [-0.25, -0.2) is 0 Å². The van der Waals surface area contributed by atoms with Crippen LogP contribution in [0.4, 0.5) is 0 Å². The van der Waals surface area contributed by atoms with Crippen LogP contribution in [0.5, 0.6) is 0 Å². The second-order valence-electron chi connectivity index (χ2n) is 4.24. The molecule has 0 aliphatic rings. The first-order valence-electron chi connectivity index (χ1n) is 5.80. The molecule has 0 bridgehead atoms. The lowest BCUT2D eigenvalue weighted by atomic mass is 10.1. The maximum absolute atomic E-state index is 12.0. The van der Waals surface area contributed by atoms with E-state index in [0.29, 0.717) is 15.6 Å². The first-order chi connectivity index (χ1) is 9.06. The standard InChI is InChI=1S/C16H12Cl2O/c1-11-3-2-4-12(9-11)5-8-16(19)14-7-6-13(17)10-15(14)18/h2-10H,1H3. The zero-order chi connectivity index (χ0) is 13.8. The Hall–Kier alpha value is -1.57. The number of halogens is 2. The second kappa shape index (κ2) is 6.05. The normalized spacial score (nSPS) is 10.9. The molecular weight excluding hydrogens is 279 g/mol. The number of benzene rings is 2. The second-order valence-corrected chi connectivity index (χ2v) is 5.08. The molecule has 1 nitrogen and oxygen atoms in total. The summed E-state index contributed by atoms with van der Waals surface area (Å²) in [7, 11) is 0. The summed E-state index contributed by atoms with van der Waals surface area (Å²) < 4.78 is 0. The molecule has 0 saturated heterocycles. The van der Waals surface area contributed by atoms with E-state index in [1.54, 1.807) is 24.3 Å². The van der Waals surface area contributed by atoms with Crippen molar-refractivity contribution in [3.05, 3.63) is 75.3 Å². The van der Waals surface area contributed by atoms with Gasteiger partial charge in [-0.05, 0) is 36.8 Å². The smallest absolute Gasteiger partial charge is 0.187 e. The summed E-state index contributed by atoms with van der Waals surface area (Å²) in [6, 6.07) is 12.8. The van der Waals surface area contributed by atoms with Crippen molar-refractivity contribution in [1.29, 1.82) is 0 Å². The number of carbonyl (C=O) groups is 1. The fourth-order valence-corrected chi connectivity index (χ4v) is 2.23. The van der Waals surface area contributed by atoms with E-state index in [1.165, 1.54) is 6.08 Å². The van der Waals surface area contributed by atoms with Gasteiger partial charge >= 0.3 is 0 Å². The largest absolute Gasteiger partial charge is 0.289 e. The topological polar surface area (TPSA) is 17.1 Å². The summed E-state index contributed by atoms with van der Waals surface area (Å²) in [4.78, 5) is 12.0. The first kappa shape index (κ1) is 13.9. The number of ketones is 1. The summed E-state index contributed by atoms with van der Waals surface area (Å²) >= 11 is 11.8. The highest BCUT2D eigenvalue weighted by Gasteiger charge is 2.07. The fraction of sp³-hybridized carbons (Fsp3) is 0.0625. The van der Waals surface area contributed by atoms with E-state index < -0.39 is 0 Å². The van der Waals surface area contributed by atoms with E-state index in [-0.39, 0.29) is 5.78 Å². The third-order valence-corrected chi connectivity index (χ3v) is 3.21. The van der Waals surface area contributed by atoms with Crippen LogP contribution in [-0.4, -0.2) is 5.78 Å². The van der Waals surface area contributed by atoms with E-state index in [0.717, 1.165) is 11.1 Å². The van der Waals surface area contributed by atoms with Gasteiger partial charge in [0, 0.05) is 10.6 Å². The SMILES string of the molecule is Cc1cccc(C=CC(=O)c2ccc(Cl)cc2Cl)c1. The Balaban J connectivity index is 2.21. The van der Waals surface area contributed by atoms with Crippen LogP contribution in [0.15, 0.2) is 48.5 Å². The third-order valence-electron chi connectivity index (χ3n) is 2.67. The van der Waals surface area contributed by atoms with Crippen molar-refractivity contribution < 1.29 is 4.79 Å². The zero-order valence-corrected chi connectivity index (χ0v) is 11.9. The monoisotopic (exact) mass is 290 g/mol. The molecule has 0 atom stereocenters. The van der Waals surface area contributed by atoms with E-state index in [1.807, 2.05) is 31.2 Å². The Morgan fingerprint density at radius 1 is 1.11 bits per heavy atom. The van der Waals surface area contributed by atoms with Gasteiger partial charge in [0.2, 0.25) is 0 Å². The molecule has 0 radical (unpaired) electrons. The summed E-state index contributed by atoms with van der Waals surface area (Å²) in [6.45, 7) is 2.01. The molecule has 0 unspecified atom stereocenters. The Kier molecular flexibility index (Phi) is 4.41. The first-order valence-corrected chi connectivity index (χ1v) is 6.56. The molecule has 0 fully saturated rings. The molecule has 0 amide bonds. The highest BCUT2D eigenvalue weighted by Crippen LogP contribution is 2.21. The maximum atomic E-state index is 12.0. The molecule has 3 heteroatoms. The lowest BCUT2D eigenvalue weighted by Gasteiger charge is -2.00. The predicted molar refractivity (Wildman–Crippen MR) is 81.0 cm³/mol. The van der Waals surface area contributed by atoms with Gasteiger partial charge in [0.05, 0.1) is 5.02 Å². The van der Waals surface area contributed by atoms with Crippen LogP contribution < -0.4 is 0 Å². The van der Waals surface area contributed by atoms with Crippen LogP contribution in [0.3, 0.4) is 0 Å². The summed E-state index contributed by atoms with van der Waals surface area (Å²) in [5.74, 6) is -0.136. The van der Waals surface area contributed by atoms with Gasteiger partial charge in [0.1, 0.15) is 0 Å². The minimum Gasteiger partial charge on any atom is -0.289 e. The zero-order valence-electron chi connectivity index (χ0n) is 10.4. The van der Waals surface area contributed by atoms with Crippen LogP contribution in [0.1, 0.15) is 21.5 Å².